The molecule has 0 saturated carbocycles. The molecule has 76 valence electrons. The smallest absolute Gasteiger partial charge is 0.254 e. The van der Waals surface area contributed by atoms with Gasteiger partial charge in [0.1, 0.15) is 5.60 Å². The minimum Gasteiger partial charge on any atom is -0.369 e. The molecule has 1 aliphatic rings. The van der Waals surface area contributed by atoms with Crippen molar-refractivity contribution in [3.63, 3.8) is 0 Å². The minimum absolute atomic E-state index is 0.0801. The Kier molecular flexibility index (Phi) is 3.27. The normalized spacial score (nSPS) is 18.8. The Bertz CT molecular complexity index is 186. The van der Waals surface area contributed by atoms with Gasteiger partial charge in [0.15, 0.2) is 0 Å². The van der Waals surface area contributed by atoms with Crippen molar-refractivity contribution in [1.82, 2.24) is 10.2 Å². The lowest BCUT2D eigenvalue weighted by Gasteiger charge is -2.33. The average Bonchev–Trinajstić information content (AvgIpc) is 2.18. The van der Waals surface area contributed by atoms with Crippen molar-refractivity contribution in [1.29, 1.82) is 0 Å². The minimum atomic E-state index is -0.683. The highest BCUT2D eigenvalue weighted by Crippen LogP contribution is 2.12. The van der Waals surface area contributed by atoms with Gasteiger partial charge in [0.2, 0.25) is 0 Å². The summed E-state index contributed by atoms with van der Waals surface area (Å²) in [5.41, 5.74) is -0.683. The Morgan fingerprint density at radius 2 is 1.92 bits per heavy atom. The average molecular weight is 186 g/mol. The van der Waals surface area contributed by atoms with Gasteiger partial charge in [-0.3, -0.25) is 4.79 Å². The van der Waals surface area contributed by atoms with Crippen molar-refractivity contribution in [2.75, 3.05) is 33.3 Å². The molecule has 1 saturated heterocycles. The van der Waals surface area contributed by atoms with Crippen molar-refractivity contribution in [2.24, 2.45) is 0 Å². The molecule has 0 aromatic carbocycles. The van der Waals surface area contributed by atoms with Gasteiger partial charge >= 0.3 is 0 Å². The van der Waals surface area contributed by atoms with E-state index in [1.165, 1.54) is 0 Å². The van der Waals surface area contributed by atoms with E-state index in [1.54, 1.807) is 21.0 Å². The van der Waals surface area contributed by atoms with Crippen LogP contribution in [-0.4, -0.2) is 49.7 Å². The fourth-order valence-electron chi connectivity index (χ4n) is 1.34. The summed E-state index contributed by atoms with van der Waals surface area (Å²) >= 11 is 0. The van der Waals surface area contributed by atoms with E-state index < -0.39 is 5.60 Å². The second kappa shape index (κ2) is 4.07. The predicted molar refractivity (Wildman–Crippen MR) is 50.5 cm³/mol. The van der Waals surface area contributed by atoms with E-state index in [1.807, 2.05) is 4.90 Å². The molecular weight excluding hydrogens is 168 g/mol. The Labute approximate surface area is 79.2 Å². The van der Waals surface area contributed by atoms with E-state index in [-0.39, 0.29) is 5.91 Å². The van der Waals surface area contributed by atoms with Crippen molar-refractivity contribution in [3.05, 3.63) is 0 Å². The molecule has 1 fully saturated rings. The van der Waals surface area contributed by atoms with Gasteiger partial charge in [-0.15, -0.1) is 0 Å². The van der Waals surface area contributed by atoms with Crippen molar-refractivity contribution < 1.29 is 9.53 Å². The topological polar surface area (TPSA) is 41.6 Å². The van der Waals surface area contributed by atoms with Crippen molar-refractivity contribution in [2.45, 2.75) is 19.4 Å². The van der Waals surface area contributed by atoms with Crippen molar-refractivity contribution >= 4 is 5.91 Å². The second-order valence-corrected chi connectivity index (χ2v) is 3.76. The maximum absolute atomic E-state index is 11.8. The Hall–Kier alpha value is -0.610. The maximum atomic E-state index is 11.8. The van der Waals surface area contributed by atoms with Gasteiger partial charge in [-0.1, -0.05) is 0 Å². The zero-order chi connectivity index (χ0) is 9.90. The van der Waals surface area contributed by atoms with Gasteiger partial charge in [0, 0.05) is 33.3 Å². The molecule has 1 aliphatic heterocycles. The lowest BCUT2D eigenvalue weighted by molar-refractivity contribution is -0.151. The Morgan fingerprint density at radius 3 is 2.38 bits per heavy atom. The summed E-state index contributed by atoms with van der Waals surface area (Å²) in [4.78, 5) is 13.7. The number of rotatable bonds is 2. The molecule has 0 aliphatic carbocycles. The zero-order valence-electron chi connectivity index (χ0n) is 8.59. The van der Waals surface area contributed by atoms with Crippen LogP contribution in [0.15, 0.2) is 0 Å². The van der Waals surface area contributed by atoms with Gasteiger partial charge in [0.05, 0.1) is 0 Å². The summed E-state index contributed by atoms with van der Waals surface area (Å²) in [5.74, 6) is 0.0801. The van der Waals surface area contributed by atoms with Crippen LogP contribution in [-0.2, 0) is 9.53 Å². The standard InChI is InChI=1S/C9H18N2O2/c1-9(2,13-3)8(12)11-6-4-10-5-7-11/h10H,4-7H2,1-3H3. The quantitative estimate of drug-likeness (QED) is 0.651. The molecule has 0 unspecified atom stereocenters. The Balaban J connectivity index is 2.55. The third-order valence-electron chi connectivity index (χ3n) is 2.43. The van der Waals surface area contributed by atoms with Gasteiger partial charge in [0.25, 0.3) is 5.91 Å². The highest BCUT2D eigenvalue weighted by Gasteiger charge is 2.32. The first-order valence-corrected chi connectivity index (χ1v) is 4.63. The second-order valence-electron chi connectivity index (χ2n) is 3.76. The van der Waals surface area contributed by atoms with Crippen LogP contribution in [0.5, 0.6) is 0 Å². The number of piperazine rings is 1. The number of amides is 1. The number of methoxy groups -OCH3 is 1. The van der Waals surface area contributed by atoms with Crippen LogP contribution in [0.3, 0.4) is 0 Å². The molecule has 4 nitrogen and oxygen atoms in total. The van der Waals surface area contributed by atoms with Crippen LogP contribution in [0, 0.1) is 0 Å². The molecule has 1 rings (SSSR count). The third kappa shape index (κ3) is 2.42. The molecule has 0 atom stereocenters. The number of nitrogens with one attached hydrogen (secondary N) is 1. The fourth-order valence-corrected chi connectivity index (χ4v) is 1.34. The van der Waals surface area contributed by atoms with Gasteiger partial charge in [-0.2, -0.15) is 0 Å². The maximum Gasteiger partial charge on any atom is 0.254 e. The number of hydrogen-bond acceptors (Lipinski definition) is 3. The van der Waals surface area contributed by atoms with Gasteiger partial charge in [-0.25, -0.2) is 0 Å². The molecule has 1 heterocycles. The van der Waals surface area contributed by atoms with Crippen LogP contribution in [0.25, 0.3) is 0 Å². The number of hydrogen-bond donors (Lipinski definition) is 1. The lowest BCUT2D eigenvalue weighted by atomic mass is 10.1. The largest absolute Gasteiger partial charge is 0.369 e. The summed E-state index contributed by atoms with van der Waals surface area (Å²) < 4.78 is 5.14. The van der Waals surface area contributed by atoms with E-state index >= 15 is 0 Å². The SMILES string of the molecule is COC(C)(C)C(=O)N1CCNCC1. The molecule has 0 bridgehead atoms. The molecular formula is C9H18N2O2. The predicted octanol–water partition coefficient (Wildman–Crippen LogP) is -0.157. The van der Waals surface area contributed by atoms with Crippen LogP contribution in [0.4, 0.5) is 0 Å². The molecule has 0 spiro atoms. The van der Waals surface area contributed by atoms with E-state index in [4.69, 9.17) is 4.74 Å². The van der Waals surface area contributed by atoms with Gasteiger partial charge in [-0.05, 0) is 13.8 Å². The highest BCUT2D eigenvalue weighted by atomic mass is 16.5. The first-order valence-electron chi connectivity index (χ1n) is 4.63. The third-order valence-corrected chi connectivity index (χ3v) is 2.43. The summed E-state index contributed by atoms with van der Waals surface area (Å²) in [6, 6.07) is 0. The lowest BCUT2D eigenvalue weighted by Crippen LogP contribution is -2.53. The number of ether oxygens (including phenoxy) is 1. The molecule has 13 heavy (non-hydrogen) atoms. The van der Waals surface area contributed by atoms with E-state index in [0.717, 1.165) is 26.2 Å². The summed E-state index contributed by atoms with van der Waals surface area (Å²) in [5, 5.41) is 3.20. The van der Waals surface area contributed by atoms with Crippen LogP contribution < -0.4 is 5.32 Å². The first-order chi connectivity index (χ1) is 6.08. The van der Waals surface area contributed by atoms with Crippen LogP contribution >= 0.6 is 0 Å². The van der Waals surface area contributed by atoms with E-state index in [9.17, 15) is 4.79 Å². The number of carbonyl (C=O) groups excluding carboxylic acids is 1. The molecule has 1 amide bonds. The van der Waals surface area contributed by atoms with Gasteiger partial charge < -0.3 is 15.0 Å². The molecule has 0 aromatic heterocycles. The van der Waals surface area contributed by atoms with Crippen LogP contribution in [0.2, 0.25) is 0 Å². The molecule has 0 radical (unpaired) electrons. The summed E-state index contributed by atoms with van der Waals surface area (Å²) in [6.45, 7) is 6.93. The molecule has 1 N–H and O–H groups in total. The summed E-state index contributed by atoms with van der Waals surface area (Å²) in [7, 11) is 1.57. The summed E-state index contributed by atoms with van der Waals surface area (Å²) in [6.07, 6.45) is 0. The fraction of sp³-hybridized carbons (Fsp3) is 0.889. The van der Waals surface area contributed by atoms with Crippen LogP contribution in [0.1, 0.15) is 13.8 Å². The zero-order valence-corrected chi connectivity index (χ0v) is 8.59. The highest BCUT2D eigenvalue weighted by molar-refractivity contribution is 5.84. The van der Waals surface area contributed by atoms with E-state index in [0.29, 0.717) is 0 Å². The number of nitrogens with zero attached hydrogens (tertiary/aromatic N) is 1. The first kappa shape index (κ1) is 10.5. The molecule has 0 aromatic rings. The van der Waals surface area contributed by atoms with E-state index in [2.05, 4.69) is 5.32 Å². The molecule has 4 heteroatoms. The Morgan fingerprint density at radius 1 is 1.38 bits per heavy atom. The van der Waals surface area contributed by atoms with Crippen molar-refractivity contribution in [3.8, 4) is 0 Å². The number of carbonyl (C=O) groups is 1. The monoisotopic (exact) mass is 186 g/mol.